The van der Waals surface area contributed by atoms with Crippen LogP contribution >= 0.6 is 12.2 Å². The number of rotatable bonds is 4. The molecule has 1 aliphatic rings. The number of aryl methyl sites for hydroxylation is 1. The fourth-order valence-corrected chi connectivity index (χ4v) is 4.62. The first-order chi connectivity index (χ1) is 15.1. The van der Waals surface area contributed by atoms with Crippen molar-refractivity contribution in [3.8, 4) is 5.69 Å². The zero-order valence-electron chi connectivity index (χ0n) is 16.9. The van der Waals surface area contributed by atoms with Crippen molar-refractivity contribution >= 4 is 23.0 Å². The van der Waals surface area contributed by atoms with Crippen LogP contribution in [0.2, 0.25) is 0 Å². The van der Waals surface area contributed by atoms with Crippen molar-refractivity contribution in [2.45, 2.75) is 19.0 Å². The summed E-state index contributed by atoms with van der Waals surface area (Å²) in [5, 5.41) is 3.87. The summed E-state index contributed by atoms with van der Waals surface area (Å²) in [5.74, 6) is -0.312. The minimum absolute atomic E-state index is 0.231. The second-order valence-corrected chi connectivity index (χ2v) is 7.91. The molecule has 1 aliphatic heterocycles. The Morgan fingerprint density at radius 3 is 2.39 bits per heavy atom. The molecule has 5 rings (SSSR count). The Kier molecular flexibility index (Phi) is 5.00. The molecule has 31 heavy (non-hydrogen) atoms. The standard InChI is InChI=1S/C25H21FN4S/c1-17-14-15-22(29(17)18-9-3-2-4-10-18)24-23(20-12-7-8-16-27-20)28-25(31)30(24)21-13-6-5-11-19(21)26/h2-16,23-24H,1H3,(H,28,31)/t23-,24+/m1/s1. The molecule has 0 spiro atoms. The lowest BCUT2D eigenvalue weighted by atomic mass is 10.0. The summed E-state index contributed by atoms with van der Waals surface area (Å²) in [6, 6.07) is 26.4. The van der Waals surface area contributed by atoms with E-state index in [1.54, 1.807) is 18.3 Å². The molecule has 0 bridgehead atoms. The van der Waals surface area contributed by atoms with E-state index in [0.717, 1.165) is 22.8 Å². The van der Waals surface area contributed by atoms with Crippen molar-refractivity contribution in [3.05, 3.63) is 114 Å². The van der Waals surface area contributed by atoms with Gasteiger partial charge in [0.15, 0.2) is 5.11 Å². The number of anilines is 1. The van der Waals surface area contributed by atoms with Gasteiger partial charge >= 0.3 is 0 Å². The van der Waals surface area contributed by atoms with E-state index in [2.05, 4.69) is 46.1 Å². The quantitative estimate of drug-likeness (QED) is 0.435. The first-order valence-corrected chi connectivity index (χ1v) is 10.5. The van der Waals surface area contributed by atoms with E-state index in [1.165, 1.54) is 6.07 Å². The fraction of sp³-hybridized carbons (Fsp3) is 0.120. The predicted octanol–water partition coefficient (Wildman–Crippen LogP) is 5.50. The van der Waals surface area contributed by atoms with E-state index in [-0.39, 0.29) is 17.9 Å². The number of para-hydroxylation sites is 2. The Labute approximate surface area is 186 Å². The van der Waals surface area contributed by atoms with Gasteiger partial charge in [0, 0.05) is 23.3 Å². The molecular formula is C25H21FN4S. The molecule has 154 valence electrons. The highest BCUT2D eigenvalue weighted by Crippen LogP contribution is 2.43. The van der Waals surface area contributed by atoms with Gasteiger partial charge in [-0.1, -0.05) is 36.4 Å². The number of aromatic nitrogens is 2. The third-order valence-electron chi connectivity index (χ3n) is 5.63. The number of pyridine rings is 1. The Hall–Kier alpha value is -3.51. The number of nitrogens with one attached hydrogen (secondary N) is 1. The topological polar surface area (TPSA) is 33.1 Å². The highest BCUT2D eigenvalue weighted by atomic mass is 32.1. The second kappa shape index (κ2) is 7.96. The molecule has 1 fully saturated rings. The summed E-state index contributed by atoms with van der Waals surface area (Å²) in [7, 11) is 0. The smallest absolute Gasteiger partial charge is 0.174 e. The molecule has 3 heterocycles. The van der Waals surface area contributed by atoms with Gasteiger partial charge in [0.05, 0.1) is 17.4 Å². The minimum Gasteiger partial charge on any atom is -0.351 e. The Morgan fingerprint density at radius 1 is 0.903 bits per heavy atom. The average molecular weight is 429 g/mol. The monoisotopic (exact) mass is 428 g/mol. The van der Waals surface area contributed by atoms with Crippen molar-refractivity contribution in [2.75, 3.05) is 4.90 Å². The summed E-state index contributed by atoms with van der Waals surface area (Å²) in [5.41, 5.74) is 4.45. The number of hydrogen-bond acceptors (Lipinski definition) is 2. The van der Waals surface area contributed by atoms with Gasteiger partial charge < -0.3 is 14.8 Å². The van der Waals surface area contributed by atoms with Crippen molar-refractivity contribution in [2.24, 2.45) is 0 Å². The first kappa shape index (κ1) is 19.5. The molecule has 6 heteroatoms. The molecule has 0 amide bonds. The van der Waals surface area contributed by atoms with Crippen molar-refractivity contribution < 1.29 is 4.39 Å². The Morgan fingerprint density at radius 2 is 1.65 bits per heavy atom. The van der Waals surface area contributed by atoms with Crippen LogP contribution < -0.4 is 10.2 Å². The van der Waals surface area contributed by atoms with Gasteiger partial charge in [-0.05, 0) is 67.7 Å². The van der Waals surface area contributed by atoms with Gasteiger partial charge in [-0.25, -0.2) is 4.39 Å². The molecular weight excluding hydrogens is 407 g/mol. The average Bonchev–Trinajstić information content (AvgIpc) is 3.35. The maximum absolute atomic E-state index is 14.9. The maximum Gasteiger partial charge on any atom is 0.174 e. The number of halogens is 1. The van der Waals surface area contributed by atoms with Crippen LogP contribution in [0.25, 0.3) is 5.69 Å². The van der Waals surface area contributed by atoms with Crippen molar-refractivity contribution in [1.82, 2.24) is 14.9 Å². The van der Waals surface area contributed by atoms with Gasteiger partial charge in [0.1, 0.15) is 11.9 Å². The predicted molar refractivity (Wildman–Crippen MR) is 125 cm³/mol. The Balaban J connectivity index is 1.72. The van der Waals surface area contributed by atoms with E-state index in [9.17, 15) is 4.39 Å². The zero-order valence-corrected chi connectivity index (χ0v) is 17.8. The molecule has 1 N–H and O–H groups in total. The highest BCUT2D eigenvalue weighted by Gasteiger charge is 2.43. The van der Waals surface area contributed by atoms with Crippen LogP contribution in [-0.2, 0) is 0 Å². The normalized spacial score (nSPS) is 18.3. The second-order valence-electron chi connectivity index (χ2n) is 7.52. The largest absolute Gasteiger partial charge is 0.351 e. The Bertz CT molecular complexity index is 1220. The lowest BCUT2D eigenvalue weighted by Gasteiger charge is -2.29. The molecule has 2 aromatic heterocycles. The zero-order chi connectivity index (χ0) is 21.4. The van der Waals surface area contributed by atoms with Gasteiger partial charge in [-0.15, -0.1) is 0 Å². The lowest BCUT2D eigenvalue weighted by molar-refractivity contribution is 0.540. The third-order valence-corrected chi connectivity index (χ3v) is 5.95. The van der Waals surface area contributed by atoms with E-state index in [4.69, 9.17) is 12.2 Å². The molecule has 4 aromatic rings. The van der Waals surface area contributed by atoms with Gasteiger partial charge in [0.25, 0.3) is 0 Å². The molecule has 4 nitrogen and oxygen atoms in total. The van der Waals surface area contributed by atoms with Crippen LogP contribution in [0.5, 0.6) is 0 Å². The molecule has 0 unspecified atom stereocenters. The molecule has 0 aliphatic carbocycles. The van der Waals surface area contributed by atoms with Gasteiger partial charge in [-0.3, -0.25) is 4.98 Å². The van der Waals surface area contributed by atoms with Crippen LogP contribution in [0, 0.1) is 12.7 Å². The van der Waals surface area contributed by atoms with Crippen LogP contribution in [0.3, 0.4) is 0 Å². The molecule has 0 radical (unpaired) electrons. The van der Waals surface area contributed by atoms with Gasteiger partial charge in [-0.2, -0.15) is 0 Å². The van der Waals surface area contributed by atoms with Crippen LogP contribution in [0.15, 0.2) is 91.1 Å². The van der Waals surface area contributed by atoms with Crippen LogP contribution in [0.4, 0.5) is 10.1 Å². The van der Waals surface area contributed by atoms with Crippen molar-refractivity contribution in [3.63, 3.8) is 0 Å². The number of nitrogens with zero attached hydrogens (tertiary/aromatic N) is 3. The minimum atomic E-state index is -0.312. The molecule has 2 aromatic carbocycles. The van der Waals surface area contributed by atoms with Crippen LogP contribution in [0.1, 0.15) is 29.2 Å². The molecule has 1 saturated heterocycles. The number of benzene rings is 2. The van der Waals surface area contributed by atoms with E-state index in [0.29, 0.717) is 10.8 Å². The lowest BCUT2D eigenvalue weighted by Crippen LogP contribution is -2.31. The van der Waals surface area contributed by atoms with Crippen molar-refractivity contribution in [1.29, 1.82) is 0 Å². The third kappa shape index (κ3) is 3.39. The van der Waals surface area contributed by atoms with E-state index < -0.39 is 0 Å². The maximum atomic E-state index is 14.9. The van der Waals surface area contributed by atoms with Crippen LogP contribution in [-0.4, -0.2) is 14.7 Å². The highest BCUT2D eigenvalue weighted by molar-refractivity contribution is 7.80. The molecule has 0 saturated carbocycles. The summed E-state index contributed by atoms with van der Waals surface area (Å²) in [4.78, 5) is 6.45. The molecule has 2 atom stereocenters. The van der Waals surface area contributed by atoms with E-state index in [1.807, 2.05) is 47.4 Å². The summed E-state index contributed by atoms with van der Waals surface area (Å²) < 4.78 is 17.1. The van der Waals surface area contributed by atoms with E-state index >= 15 is 0 Å². The fourth-order valence-electron chi connectivity index (χ4n) is 4.28. The number of hydrogen-bond donors (Lipinski definition) is 1. The first-order valence-electron chi connectivity index (χ1n) is 10.1. The summed E-state index contributed by atoms with van der Waals surface area (Å²) >= 11 is 5.71. The summed E-state index contributed by atoms with van der Waals surface area (Å²) in [6.07, 6.45) is 1.77. The SMILES string of the molecule is Cc1ccc([C@H]2[C@@H](c3ccccn3)NC(=S)N2c2ccccc2F)n1-c1ccccc1. The summed E-state index contributed by atoms with van der Waals surface area (Å²) in [6.45, 7) is 2.07. The number of thiocarbonyl (C=S) groups is 1. The van der Waals surface area contributed by atoms with Gasteiger partial charge in [0.2, 0.25) is 0 Å².